The van der Waals surface area contributed by atoms with Crippen LogP contribution in [0.3, 0.4) is 0 Å². The van der Waals surface area contributed by atoms with E-state index in [1.54, 1.807) is 36.4 Å². The highest BCUT2D eigenvalue weighted by Crippen LogP contribution is 2.29. The lowest BCUT2D eigenvalue weighted by Crippen LogP contribution is -2.12. The van der Waals surface area contributed by atoms with Crippen molar-refractivity contribution >= 4 is 22.4 Å². The smallest absolute Gasteiger partial charge is 0.255 e. The quantitative estimate of drug-likeness (QED) is 0.709. The molecule has 0 unspecified atom stereocenters. The molecule has 1 heterocycles. The molecule has 0 spiro atoms. The topological polar surface area (TPSA) is 62.2 Å². The summed E-state index contributed by atoms with van der Waals surface area (Å²) in [6.45, 7) is 0. The largest absolute Gasteiger partial charge is 0.507 e. The van der Waals surface area contributed by atoms with Crippen LogP contribution in [-0.4, -0.2) is 16.0 Å². The number of fused-ring (bicyclic) bond motifs is 1. The Labute approximate surface area is 119 Å². The van der Waals surface area contributed by atoms with Crippen LogP contribution in [0.25, 0.3) is 10.8 Å². The summed E-state index contributed by atoms with van der Waals surface area (Å²) >= 11 is 0. The third-order valence-corrected chi connectivity index (χ3v) is 3.14. The van der Waals surface area contributed by atoms with Gasteiger partial charge in [0.15, 0.2) is 0 Å². The van der Waals surface area contributed by atoms with Crippen LogP contribution in [0, 0.1) is 5.95 Å². The molecule has 0 aliphatic heterocycles. The lowest BCUT2D eigenvalue weighted by molar-refractivity contribution is 0.102. The average Bonchev–Trinajstić information content (AvgIpc) is 2.48. The predicted octanol–water partition coefficient (Wildman–Crippen LogP) is 3.33. The van der Waals surface area contributed by atoms with Gasteiger partial charge in [-0.15, -0.1) is 0 Å². The van der Waals surface area contributed by atoms with E-state index in [2.05, 4.69) is 10.3 Å². The average molecular weight is 282 g/mol. The number of pyridine rings is 1. The van der Waals surface area contributed by atoms with Crippen LogP contribution >= 0.6 is 0 Å². The van der Waals surface area contributed by atoms with Crippen LogP contribution in [0.2, 0.25) is 0 Å². The first-order chi connectivity index (χ1) is 10.1. The molecule has 0 atom stereocenters. The van der Waals surface area contributed by atoms with E-state index in [9.17, 15) is 14.3 Å². The summed E-state index contributed by atoms with van der Waals surface area (Å²) < 4.78 is 13.0. The van der Waals surface area contributed by atoms with Crippen molar-refractivity contribution in [2.24, 2.45) is 0 Å². The number of aromatic hydroxyl groups is 1. The summed E-state index contributed by atoms with van der Waals surface area (Å²) in [6.07, 6.45) is 1.24. The molecule has 5 heteroatoms. The molecule has 0 saturated carbocycles. The molecular weight excluding hydrogens is 271 g/mol. The summed E-state index contributed by atoms with van der Waals surface area (Å²) in [7, 11) is 0. The number of rotatable bonds is 2. The van der Waals surface area contributed by atoms with Gasteiger partial charge in [0.2, 0.25) is 5.95 Å². The lowest BCUT2D eigenvalue weighted by Gasteiger charge is -2.09. The van der Waals surface area contributed by atoms with Crippen molar-refractivity contribution < 1.29 is 14.3 Å². The van der Waals surface area contributed by atoms with Crippen molar-refractivity contribution in [3.05, 3.63) is 66.2 Å². The number of hydrogen-bond donors (Lipinski definition) is 2. The third-order valence-electron chi connectivity index (χ3n) is 3.14. The van der Waals surface area contributed by atoms with E-state index in [-0.39, 0.29) is 11.3 Å². The molecule has 1 amide bonds. The van der Waals surface area contributed by atoms with E-state index >= 15 is 0 Å². The van der Waals surface area contributed by atoms with Crippen LogP contribution in [0.1, 0.15) is 10.4 Å². The van der Waals surface area contributed by atoms with Crippen LogP contribution in [-0.2, 0) is 0 Å². The maximum absolute atomic E-state index is 13.0. The Balaban J connectivity index is 1.99. The van der Waals surface area contributed by atoms with Gasteiger partial charge in [0.1, 0.15) is 5.75 Å². The molecule has 0 fully saturated rings. The van der Waals surface area contributed by atoms with Crippen LogP contribution in [0.15, 0.2) is 54.7 Å². The highest BCUT2D eigenvalue weighted by atomic mass is 19.1. The molecule has 0 saturated heterocycles. The Kier molecular flexibility index (Phi) is 3.23. The second-order valence-electron chi connectivity index (χ2n) is 4.50. The van der Waals surface area contributed by atoms with Gasteiger partial charge < -0.3 is 10.4 Å². The van der Waals surface area contributed by atoms with Gasteiger partial charge in [0.05, 0.1) is 0 Å². The van der Waals surface area contributed by atoms with Crippen LogP contribution in [0.4, 0.5) is 10.1 Å². The number of nitrogens with one attached hydrogen (secondary N) is 1. The number of halogens is 1. The molecule has 0 radical (unpaired) electrons. The zero-order valence-corrected chi connectivity index (χ0v) is 10.9. The van der Waals surface area contributed by atoms with Gasteiger partial charge in [-0.1, -0.05) is 24.3 Å². The number of phenolic OH excluding ortho intramolecular Hbond substituents is 1. The fourth-order valence-corrected chi connectivity index (χ4v) is 2.14. The van der Waals surface area contributed by atoms with Gasteiger partial charge in [-0.25, -0.2) is 4.98 Å². The maximum atomic E-state index is 13.0. The second kappa shape index (κ2) is 5.20. The van der Waals surface area contributed by atoms with E-state index in [4.69, 9.17) is 0 Å². The second-order valence-corrected chi connectivity index (χ2v) is 4.50. The molecule has 2 aromatic carbocycles. The molecular formula is C16H11FN2O2. The van der Waals surface area contributed by atoms with E-state index < -0.39 is 11.9 Å². The minimum atomic E-state index is -0.710. The first kappa shape index (κ1) is 13.1. The van der Waals surface area contributed by atoms with Crippen molar-refractivity contribution in [2.45, 2.75) is 0 Å². The molecule has 1 aromatic heterocycles. The molecule has 3 rings (SSSR count). The molecule has 4 nitrogen and oxygen atoms in total. The Morgan fingerprint density at radius 2 is 1.86 bits per heavy atom. The van der Waals surface area contributed by atoms with Gasteiger partial charge >= 0.3 is 0 Å². The van der Waals surface area contributed by atoms with Gasteiger partial charge in [-0.05, 0) is 18.2 Å². The number of benzene rings is 2. The molecule has 0 bridgehead atoms. The van der Waals surface area contributed by atoms with E-state index in [1.165, 1.54) is 12.3 Å². The predicted molar refractivity (Wildman–Crippen MR) is 77.8 cm³/mol. The number of aromatic nitrogens is 1. The van der Waals surface area contributed by atoms with Crippen LogP contribution < -0.4 is 5.32 Å². The van der Waals surface area contributed by atoms with Crippen molar-refractivity contribution in [3.63, 3.8) is 0 Å². The first-order valence-electron chi connectivity index (χ1n) is 6.29. The van der Waals surface area contributed by atoms with Gasteiger partial charge in [-0.2, -0.15) is 4.39 Å². The molecule has 21 heavy (non-hydrogen) atoms. The minimum absolute atomic E-state index is 0.138. The van der Waals surface area contributed by atoms with Crippen molar-refractivity contribution in [1.82, 2.24) is 4.98 Å². The van der Waals surface area contributed by atoms with Crippen molar-refractivity contribution in [1.29, 1.82) is 0 Å². The van der Waals surface area contributed by atoms with Crippen molar-refractivity contribution in [3.8, 4) is 5.75 Å². The van der Waals surface area contributed by atoms with E-state index in [0.717, 1.165) is 6.07 Å². The fraction of sp³-hybridized carbons (Fsp3) is 0. The highest BCUT2D eigenvalue weighted by Gasteiger charge is 2.10. The molecule has 0 aliphatic carbocycles. The SMILES string of the molecule is O=C(Nc1cccc2c(O)cccc12)c1ccnc(F)c1. The van der Waals surface area contributed by atoms with Gasteiger partial charge in [-0.3, -0.25) is 4.79 Å². The van der Waals surface area contributed by atoms with Crippen LogP contribution in [0.5, 0.6) is 5.75 Å². The third kappa shape index (κ3) is 2.53. The summed E-state index contributed by atoms with van der Waals surface area (Å²) in [5.74, 6) is -1.01. The number of anilines is 1. The monoisotopic (exact) mass is 282 g/mol. The molecule has 2 N–H and O–H groups in total. The van der Waals surface area contributed by atoms with Crippen molar-refractivity contribution in [2.75, 3.05) is 5.32 Å². The summed E-state index contributed by atoms with van der Waals surface area (Å²) in [5.41, 5.74) is 0.727. The number of carbonyl (C=O) groups is 1. The number of nitrogens with zero attached hydrogens (tertiary/aromatic N) is 1. The number of carbonyl (C=O) groups excluding carboxylic acids is 1. The Morgan fingerprint density at radius 3 is 2.67 bits per heavy atom. The fourth-order valence-electron chi connectivity index (χ4n) is 2.14. The summed E-state index contributed by atoms with van der Waals surface area (Å²) in [5, 5.41) is 13.9. The number of amides is 1. The Bertz CT molecular complexity index is 833. The molecule has 0 aliphatic rings. The maximum Gasteiger partial charge on any atom is 0.255 e. The normalized spacial score (nSPS) is 10.5. The highest BCUT2D eigenvalue weighted by molar-refractivity contribution is 6.09. The summed E-state index contributed by atoms with van der Waals surface area (Å²) in [6, 6.07) is 12.8. The standard InChI is InChI=1S/C16H11FN2O2/c17-15-9-10(7-8-18-15)16(21)19-13-5-1-4-12-11(13)3-2-6-14(12)20/h1-9,20H,(H,19,21). The Morgan fingerprint density at radius 1 is 1.10 bits per heavy atom. The zero-order chi connectivity index (χ0) is 14.8. The summed E-state index contributed by atoms with van der Waals surface area (Å²) in [4.78, 5) is 15.5. The zero-order valence-electron chi connectivity index (χ0n) is 10.9. The molecule has 104 valence electrons. The van der Waals surface area contributed by atoms with Gasteiger partial charge in [0.25, 0.3) is 5.91 Å². The molecule has 3 aromatic rings. The van der Waals surface area contributed by atoms with Gasteiger partial charge in [0, 0.05) is 34.3 Å². The Hall–Kier alpha value is -2.95. The lowest BCUT2D eigenvalue weighted by atomic mass is 10.1. The number of hydrogen-bond acceptors (Lipinski definition) is 3. The van der Waals surface area contributed by atoms with E-state index in [1.807, 2.05) is 0 Å². The minimum Gasteiger partial charge on any atom is -0.507 e. The first-order valence-corrected chi connectivity index (χ1v) is 6.29. The number of phenols is 1. The van der Waals surface area contributed by atoms with E-state index in [0.29, 0.717) is 16.5 Å².